The number of nitrogens with two attached hydrogens (primary N) is 1. The molecule has 1 aliphatic heterocycles. The van der Waals surface area contributed by atoms with Crippen LogP contribution in [0.25, 0.3) is 0 Å². The Bertz CT molecular complexity index is 862. The molecule has 1 amide bonds. The number of hydrogen-bond donors (Lipinski definition) is 3. The van der Waals surface area contributed by atoms with Crippen molar-refractivity contribution in [1.82, 2.24) is 14.9 Å². The molecule has 0 radical (unpaired) electrons. The molecule has 0 unspecified atom stereocenters. The van der Waals surface area contributed by atoms with E-state index in [0.717, 1.165) is 57.9 Å². The minimum atomic E-state index is -0.531. The molecule has 2 aliphatic rings. The minimum Gasteiger partial charge on any atom is -0.383 e. The van der Waals surface area contributed by atoms with E-state index in [9.17, 15) is 4.79 Å². The van der Waals surface area contributed by atoms with Crippen molar-refractivity contribution in [2.24, 2.45) is 5.73 Å². The summed E-state index contributed by atoms with van der Waals surface area (Å²) in [5.41, 5.74) is 7.84. The average Bonchev–Trinajstić information content (AvgIpc) is 3.57. The van der Waals surface area contributed by atoms with E-state index < -0.39 is 5.91 Å². The van der Waals surface area contributed by atoms with Gasteiger partial charge in [0, 0.05) is 63.4 Å². The van der Waals surface area contributed by atoms with Gasteiger partial charge in [0.05, 0.1) is 12.2 Å². The number of carbonyl (C=O) groups excluding carboxylic acids is 1. The second-order valence-corrected chi connectivity index (χ2v) is 7.73. The molecule has 1 aliphatic carbocycles. The Morgan fingerprint density at radius 2 is 1.93 bits per heavy atom. The van der Waals surface area contributed by atoms with Crippen LogP contribution >= 0.6 is 0 Å². The lowest BCUT2D eigenvalue weighted by atomic mass is 10.2. The van der Waals surface area contributed by atoms with E-state index in [2.05, 4.69) is 42.5 Å². The molecule has 9 nitrogen and oxygen atoms in total. The van der Waals surface area contributed by atoms with Gasteiger partial charge in [0.25, 0.3) is 5.91 Å². The average molecular weight is 412 g/mol. The molecule has 2 aromatic rings. The smallest absolute Gasteiger partial charge is 0.254 e. The van der Waals surface area contributed by atoms with Gasteiger partial charge in [-0.1, -0.05) is 0 Å². The second kappa shape index (κ2) is 9.27. The maximum atomic E-state index is 11.6. The van der Waals surface area contributed by atoms with Crippen molar-refractivity contribution in [1.29, 1.82) is 0 Å². The van der Waals surface area contributed by atoms with E-state index >= 15 is 0 Å². The summed E-state index contributed by atoms with van der Waals surface area (Å²) in [6.45, 7) is 5.86. The molecule has 2 fully saturated rings. The molecule has 4 N–H and O–H groups in total. The van der Waals surface area contributed by atoms with Crippen LogP contribution in [-0.2, 0) is 4.74 Å². The Labute approximate surface area is 176 Å². The molecule has 0 bridgehead atoms. The number of ether oxygens (including phenoxy) is 1. The number of methoxy groups -OCH3 is 1. The summed E-state index contributed by atoms with van der Waals surface area (Å²) >= 11 is 0. The van der Waals surface area contributed by atoms with Gasteiger partial charge >= 0.3 is 0 Å². The molecular weight excluding hydrogens is 382 g/mol. The number of benzene rings is 1. The largest absolute Gasteiger partial charge is 0.383 e. The van der Waals surface area contributed by atoms with Crippen molar-refractivity contribution in [2.45, 2.75) is 18.9 Å². The Morgan fingerprint density at radius 1 is 1.20 bits per heavy atom. The third kappa shape index (κ3) is 5.17. The van der Waals surface area contributed by atoms with E-state index in [4.69, 9.17) is 10.5 Å². The van der Waals surface area contributed by atoms with Crippen LogP contribution < -0.4 is 21.3 Å². The van der Waals surface area contributed by atoms with Crippen molar-refractivity contribution in [3.05, 3.63) is 36.0 Å². The van der Waals surface area contributed by atoms with Crippen LogP contribution in [-0.4, -0.2) is 73.3 Å². The van der Waals surface area contributed by atoms with Crippen LogP contribution in [0.2, 0.25) is 0 Å². The predicted octanol–water partition coefficient (Wildman–Crippen LogP) is 1.66. The van der Waals surface area contributed by atoms with Gasteiger partial charge in [0.15, 0.2) is 0 Å². The number of carbonyl (C=O) groups is 1. The summed E-state index contributed by atoms with van der Waals surface area (Å²) in [7, 11) is 1.74. The monoisotopic (exact) mass is 411 g/mol. The van der Waals surface area contributed by atoms with E-state index in [1.807, 2.05) is 12.1 Å². The number of nitrogens with one attached hydrogen (secondary N) is 2. The maximum absolute atomic E-state index is 11.6. The van der Waals surface area contributed by atoms with Gasteiger partial charge in [0.1, 0.15) is 5.82 Å². The molecule has 0 atom stereocenters. The highest BCUT2D eigenvalue weighted by Crippen LogP contribution is 2.27. The van der Waals surface area contributed by atoms with Gasteiger partial charge in [-0.2, -0.15) is 4.98 Å². The van der Waals surface area contributed by atoms with Crippen LogP contribution in [0, 0.1) is 0 Å². The van der Waals surface area contributed by atoms with E-state index in [1.54, 1.807) is 7.11 Å². The topological polar surface area (TPSA) is 109 Å². The number of amides is 1. The molecule has 4 rings (SSSR count). The van der Waals surface area contributed by atoms with Crippen LogP contribution in [0.3, 0.4) is 0 Å². The Kier molecular flexibility index (Phi) is 6.29. The third-order valence-corrected chi connectivity index (χ3v) is 5.44. The lowest BCUT2D eigenvalue weighted by Crippen LogP contribution is -2.47. The Hall–Kier alpha value is -2.91. The summed E-state index contributed by atoms with van der Waals surface area (Å²) in [5, 5.41) is 6.46. The molecule has 1 aromatic carbocycles. The van der Waals surface area contributed by atoms with E-state index in [1.165, 1.54) is 11.9 Å². The quantitative estimate of drug-likeness (QED) is 0.572. The zero-order valence-electron chi connectivity index (χ0n) is 17.3. The molecule has 1 aromatic heterocycles. The highest BCUT2D eigenvalue weighted by molar-refractivity contribution is 5.97. The molecule has 30 heavy (non-hydrogen) atoms. The predicted molar refractivity (Wildman–Crippen MR) is 117 cm³/mol. The van der Waals surface area contributed by atoms with Gasteiger partial charge in [-0.3, -0.25) is 9.69 Å². The summed E-state index contributed by atoms with van der Waals surface area (Å²) < 4.78 is 5.17. The van der Waals surface area contributed by atoms with Gasteiger partial charge in [-0.15, -0.1) is 0 Å². The number of piperazine rings is 1. The first-order valence-corrected chi connectivity index (χ1v) is 10.4. The lowest BCUT2D eigenvalue weighted by Gasteiger charge is -2.36. The number of rotatable bonds is 9. The van der Waals surface area contributed by atoms with Crippen molar-refractivity contribution >= 4 is 29.0 Å². The summed E-state index contributed by atoms with van der Waals surface area (Å²) in [6.07, 6.45) is 3.62. The van der Waals surface area contributed by atoms with E-state index in [0.29, 0.717) is 23.4 Å². The molecular formula is C21H29N7O2. The van der Waals surface area contributed by atoms with Crippen molar-refractivity contribution < 1.29 is 9.53 Å². The van der Waals surface area contributed by atoms with Gasteiger partial charge in [-0.05, 0) is 37.1 Å². The zero-order chi connectivity index (χ0) is 20.9. The first-order chi connectivity index (χ1) is 14.6. The maximum Gasteiger partial charge on any atom is 0.254 e. The number of aromatic nitrogens is 2. The fourth-order valence-corrected chi connectivity index (χ4v) is 3.49. The van der Waals surface area contributed by atoms with E-state index in [-0.39, 0.29) is 0 Å². The SMILES string of the molecule is COCCN1CCN(c2ccc(Nc3ncc(C(N)=O)c(NC4CC4)n3)cc2)CC1. The number of nitrogens with zero attached hydrogens (tertiary/aromatic N) is 4. The van der Waals surface area contributed by atoms with Crippen LogP contribution in [0.1, 0.15) is 23.2 Å². The molecule has 9 heteroatoms. The third-order valence-electron chi connectivity index (χ3n) is 5.44. The summed E-state index contributed by atoms with van der Waals surface area (Å²) in [5.74, 6) is 0.393. The Morgan fingerprint density at radius 3 is 2.57 bits per heavy atom. The first-order valence-electron chi connectivity index (χ1n) is 10.4. The molecule has 160 valence electrons. The molecule has 0 spiro atoms. The van der Waals surface area contributed by atoms with Gasteiger partial charge in [0.2, 0.25) is 5.95 Å². The summed E-state index contributed by atoms with van der Waals surface area (Å²) in [6, 6.07) is 8.61. The van der Waals surface area contributed by atoms with Crippen molar-refractivity contribution in [2.75, 3.05) is 62.0 Å². The molecule has 1 saturated heterocycles. The van der Waals surface area contributed by atoms with Crippen LogP contribution in [0.4, 0.5) is 23.1 Å². The zero-order valence-corrected chi connectivity index (χ0v) is 17.3. The van der Waals surface area contributed by atoms with Crippen LogP contribution in [0.5, 0.6) is 0 Å². The number of hydrogen-bond acceptors (Lipinski definition) is 8. The van der Waals surface area contributed by atoms with Crippen molar-refractivity contribution in [3.63, 3.8) is 0 Å². The van der Waals surface area contributed by atoms with Gasteiger partial charge in [-0.25, -0.2) is 4.98 Å². The van der Waals surface area contributed by atoms with Crippen LogP contribution in [0.15, 0.2) is 30.5 Å². The fourth-order valence-electron chi connectivity index (χ4n) is 3.49. The first kappa shape index (κ1) is 20.4. The van der Waals surface area contributed by atoms with Crippen molar-refractivity contribution in [3.8, 4) is 0 Å². The molecule has 2 heterocycles. The fraction of sp³-hybridized carbons (Fsp3) is 0.476. The highest BCUT2D eigenvalue weighted by Gasteiger charge is 2.24. The number of anilines is 4. The standard InChI is InChI=1S/C21H29N7O2/c1-30-13-12-27-8-10-28(11-9-27)17-6-4-16(5-7-17)25-21-23-14-18(19(22)29)20(26-21)24-15-2-3-15/h4-7,14-15H,2-3,8-13H2,1H3,(H2,22,29)(H2,23,24,25,26). The lowest BCUT2D eigenvalue weighted by molar-refractivity contribution is 0.100. The minimum absolute atomic E-state index is 0.312. The van der Waals surface area contributed by atoms with Gasteiger partial charge < -0.3 is 26.0 Å². The highest BCUT2D eigenvalue weighted by atomic mass is 16.5. The Balaban J connectivity index is 1.37. The normalized spacial score (nSPS) is 17.0. The number of primary amides is 1. The molecule has 1 saturated carbocycles. The summed E-state index contributed by atoms with van der Waals surface area (Å²) in [4.78, 5) is 25.1. The second-order valence-electron chi connectivity index (χ2n) is 7.73.